The van der Waals surface area contributed by atoms with E-state index in [-0.39, 0.29) is 18.7 Å². The van der Waals surface area contributed by atoms with E-state index in [0.29, 0.717) is 12.8 Å². The number of amides is 3. The Morgan fingerprint density at radius 2 is 1.84 bits per heavy atom. The highest BCUT2D eigenvalue weighted by atomic mass is 32.1. The van der Waals surface area contributed by atoms with Crippen molar-refractivity contribution in [3.05, 3.63) is 35.9 Å². The molecule has 0 aromatic heterocycles. The summed E-state index contributed by atoms with van der Waals surface area (Å²) < 4.78 is 0. The molecule has 1 aromatic carbocycles. The normalized spacial score (nSPS) is 19.5. The second-order valence-corrected chi connectivity index (χ2v) is 8.16. The molecule has 5 unspecified atom stereocenters. The van der Waals surface area contributed by atoms with Gasteiger partial charge in [0.1, 0.15) is 18.1 Å². The van der Waals surface area contributed by atoms with E-state index >= 15 is 0 Å². The average Bonchev–Trinajstić information content (AvgIpc) is 3.25. The van der Waals surface area contributed by atoms with Crippen LogP contribution in [0.1, 0.15) is 25.3 Å². The third-order valence-corrected chi connectivity index (χ3v) is 5.68. The highest BCUT2D eigenvalue weighted by Gasteiger charge is 2.38. The molecule has 2 rings (SSSR count). The molecular weight excluding hydrogens is 436 g/mol. The Kier molecular flexibility index (Phi) is 9.48. The topological polar surface area (TPSA) is 162 Å². The maximum atomic E-state index is 12.8. The maximum Gasteiger partial charge on any atom is 0.326 e. The number of rotatable bonds is 10. The molecule has 0 aliphatic carbocycles. The fourth-order valence-electron chi connectivity index (χ4n) is 3.56. The van der Waals surface area contributed by atoms with Crippen LogP contribution in [0.2, 0.25) is 0 Å². The quantitative estimate of drug-likeness (QED) is 0.239. The van der Waals surface area contributed by atoms with Crippen molar-refractivity contribution in [2.24, 2.45) is 5.73 Å². The first-order valence-corrected chi connectivity index (χ1v) is 11.0. The molecule has 5 atom stereocenters. The van der Waals surface area contributed by atoms with Crippen LogP contribution in [0.4, 0.5) is 0 Å². The van der Waals surface area contributed by atoms with Crippen LogP contribution in [0.25, 0.3) is 0 Å². The van der Waals surface area contributed by atoms with Crippen molar-refractivity contribution in [3.8, 4) is 0 Å². The number of carboxylic acids is 1. The van der Waals surface area contributed by atoms with Gasteiger partial charge in [-0.1, -0.05) is 30.3 Å². The zero-order chi connectivity index (χ0) is 23.8. The summed E-state index contributed by atoms with van der Waals surface area (Å²) in [7, 11) is 0. The summed E-state index contributed by atoms with van der Waals surface area (Å²) in [5.74, 6) is -3.19. The van der Waals surface area contributed by atoms with Crippen molar-refractivity contribution >= 4 is 36.3 Å². The molecule has 32 heavy (non-hydrogen) atoms. The van der Waals surface area contributed by atoms with Gasteiger partial charge < -0.3 is 31.5 Å². The number of nitrogens with one attached hydrogen (secondary N) is 2. The van der Waals surface area contributed by atoms with E-state index in [1.54, 1.807) is 0 Å². The molecular formula is C21H30N4O6S. The predicted molar refractivity (Wildman–Crippen MR) is 120 cm³/mol. The molecule has 1 aliphatic rings. The number of thiol groups is 1. The van der Waals surface area contributed by atoms with Gasteiger partial charge in [-0.15, -0.1) is 0 Å². The average molecular weight is 467 g/mol. The van der Waals surface area contributed by atoms with Crippen LogP contribution >= 0.6 is 12.6 Å². The standard InChI is InChI=1S/C21H30N4O6S/c1-12(26)17(24-18(27)14(22)10-13-6-3-2-4-7-13)19(28)23-15(11-32)20(29)25-9-5-8-16(25)21(30)31/h2-4,6-7,12,14-17,26,32H,5,8-11,22H2,1H3,(H,23,28)(H,24,27)(H,30,31). The lowest BCUT2D eigenvalue weighted by Gasteiger charge is -2.29. The van der Waals surface area contributed by atoms with Crippen LogP contribution in [0.5, 0.6) is 0 Å². The summed E-state index contributed by atoms with van der Waals surface area (Å²) >= 11 is 4.10. The molecule has 0 spiro atoms. The van der Waals surface area contributed by atoms with E-state index in [9.17, 15) is 29.4 Å². The number of benzene rings is 1. The van der Waals surface area contributed by atoms with E-state index < -0.39 is 54.0 Å². The number of aliphatic hydroxyl groups excluding tert-OH is 1. The minimum Gasteiger partial charge on any atom is -0.480 e. The number of likely N-dealkylation sites (tertiary alicyclic amines) is 1. The first-order chi connectivity index (χ1) is 15.1. The van der Waals surface area contributed by atoms with E-state index in [1.165, 1.54) is 11.8 Å². The number of carboxylic acid groups (broad SMARTS) is 1. The number of hydrogen-bond acceptors (Lipinski definition) is 7. The second kappa shape index (κ2) is 11.8. The van der Waals surface area contributed by atoms with Gasteiger partial charge in [0.05, 0.1) is 12.1 Å². The van der Waals surface area contributed by atoms with Crippen molar-refractivity contribution < 1.29 is 29.4 Å². The van der Waals surface area contributed by atoms with Crippen LogP contribution in [-0.2, 0) is 25.6 Å². The molecule has 10 nitrogen and oxygen atoms in total. The van der Waals surface area contributed by atoms with Crippen molar-refractivity contribution in [1.82, 2.24) is 15.5 Å². The largest absolute Gasteiger partial charge is 0.480 e. The lowest BCUT2D eigenvalue weighted by atomic mass is 10.0. The maximum absolute atomic E-state index is 12.8. The van der Waals surface area contributed by atoms with E-state index in [1.807, 2.05) is 30.3 Å². The molecule has 0 saturated carbocycles. The van der Waals surface area contributed by atoms with E-state index in [4.69, 9.17) is 5.73 Å². The van der Waals surface area contributed by atoms with Crippen molar-refractivity contribution in [1.29, 1.82) is 0 Å². The Labute approximate surface area is 191 Å². The van der Waals surface area contributed by atoms with Gasteiger partial charge in [-0.05, 0) is 31.7 Å². The molecule has 1 aliphatic heterocycles. The van der Waals surface area contributed by atoms with Crippen LogP contribution in [0, 0.1) is 0 Å². The highest BCUT2D eigenvalue weighted by Crippen LogP contribution is 2.19. The van der Waals surface area contributed by atoms with Crippen LogP contribution in [0.15, 0.2) is 30.3 Å². The van der Waals surface area contributed by atoms with Gasteiger partial charge in [-0.2, -0.15) is 12.6 Å². The summed E-state index contributed by atoms with van der Waals surface area (Å²) in [6.07, 6.45) is -0.150. The summed E-state index contributed by atoms with van der Waals surface area (Å²) in [6.45, 7) is 1.59. The number of aliphatic hydroxyl groups is 1. The lowest BCUT2D eigenvalue weighted by molar-refractivity contribution is -0.149. The smallest absolute Gasteiger partial charge is 0.326 e. The molecule has 0 radical (unpaired) electrons. The SMILES string of the molecule is CC(O)C(NC(=O)C(N)Cc1ccccc1)C(=O)NC(CS)C(=O)N1CCCC1C(=O)O. The van der Waals surface area contributed by atoms with Gasteiger partial charge in [0.2, 0.25) is 17.7 Å². The fourth-order valence-corrected chi connectivity index (χ4v) is 3.81. The summed E-state index contributed by atoms with van der Waals surface area (Å²) in [4.78, 5) is 50.6. The van der Waals surface area contributed by atoms with Crippen molar-refractivity contribution in [3.63, 3.8) is 0 Å². The molecule has 1 aromatic rings. The van der Waals surface area contributed by atoms with Crippen molar-refractivity contribution in [2.75, 3.05) is 12.3 Å². The third-order valence-electron chi connectivity index (χ3n) is 5.32. The molecule has 1 saturated heterocycles. The highest BCUT2D eigenvalue weighted by molar-refractivity contribution is 7.80. The lowest BCUT2D eigenvalue weighted by Crippen LogP contribution is -2.60. The molecule has 1 heterocycles. The fraction of sp³-hybridized carbons (Fsp3) is 0.524. The number of hydrogen-bond donors (Lipinski definition) is 6. The Hall–Kier alpha value is -2.63. The number of aliphatic carboxylic acids is 1. The van der Waals surface area contributed by atoms with E-state index in [0.717, 1.165) is 5.56 Å². The molecule has 0 bridgehead atoms. The predicted octanol–water partition coefficient (Wildman–Crippen LogP) is -1.09. The molecule has 6 N–H and O–H groups in total. The van der Waals surface area contributed by atoms with E-state index in [2.05, 4.69) is 23.3 Å². The number of nitrogens with two attached hydrogens (primary N) is 1. The second-order valence-electron chi connectivity index (χ2n) is 7.79. The van der Waals surface area contributed by atoms with Crippen molar-refractivity contribution in [2.45, 2.75) is 56.5 Å². The van der Waals surface area contributed by atoms with Gasteiger partial charge in [0, 0.05) is 12.3 Å². The minimum atomic E-state index is -1.35. The van der Waals surface area contributed by atoms with Gasteiger partial charge >= 0.3 is 5.97 Å². The monoisotopic (exact) mass is 466 g/mol. The molecule has 11 heteroatoms. The summed E-state index contributed by atoms with van der Waals surface area (Å²) in [5.41, 5.74) is 6.79. The first kappa shape index (κ1) is 25.6. The zero-order valence-electron chi connectivity index (χ0n) is 17.8. The van der Waals surface area contributed by atoms with Crippen LogP contribution in [0.3, 0.4) is 0 Å². The number of nitrogens with zero attached hydrogens (tertiary/aromatic N) is 1. The van der Waals surface area contributed by atoms with Crippen LogP contribution in [-0.4, -0.2) is 81.4 Å². The first-order valence-electron chi connectivity index (χ1n) is 10.4. The molecule has 1 fully saturated rings. The zero-order valence-corrected chi connectivity index (χ0v) is 18.7. The third kappa shape index (κ3) is 6.68. The number of carbonyl (C=O) groups is 4. The van der Waals surface area contributed by atoms with Gasteiger partial charge in [0.25, 0.3) is 0 Å². The molecule has 176 valence electrons. The minimum absolute atomic E-state index is 0.0819. The van der Waals surface area contributed by atoms with Gasteiger partial charge in [0.15, 0.2) is 0 Å². The Bertz CT molecular complexity index is 822. The molecule has 3 amide bonds. The van der Waals surface area contributed by atoms with Crippen LogP contribution < -0.4 is 16.4 Å². The Balaban J connectivity index is 2.02. The van der Waals surface area contributed by atoms with Gasteiger partial charge in [-0.3, -0.25) is 14.4 Å². The van der Waals surface area contributed by atoms with Gasteiger partial charge in [-0.25, -0.2) is 4.79 Å². The summed E-state index contributed by atoms with van der Waals surface area (Å²) in [6, 6.07) is 4.74. The summed E-state index contributed by atoms with van der Waals surface area (Å²) in [5, 5.41) is 24.2. The Morgan fingerprint density at radius 1 is 1.19 bits per heavy atom. The Morgan fingerprint density at radius 3 is 2.41 bits per heavy atom. The number of carbonyl (C=O) groups excluding carboxylic acids is 3.